The van der Waals surface area contributed by atoms with Crippen molar-refractivity contribution in [1.82, 2.24) is 0 Å². The molecule has 0 spiro atoms. The minimum atomic E-state index is -0.769. The second-order valence-electron chi connectivity index (χ2n) is 4.06. The van der Waals surface area contributed by atoms with Gasteiger partial charge in [0.05, 0.1) is 11.7 Å². The van der Waals surface area contributed by atoms with Crippen molar-refractivity contribution >= 4 is 0 Å². The van der Waals surface area contributed by atoms with Gasteiger partial charge in [-0.25, -0.2) is 0 Å². The van der Waals surface area contributed by atoms with Gasteiger partial charge in [0.2, 0.25) is 0 Å². The second-order valence-corrected chi connectivity index (χ2v) is 4.06. The van der Waals surface area contributed by atoms with E-state index in [1.165, 1.54) is 0 Å². The predicted octanol–water partition coefficient (Wildman–Crippen LogP) is 2.62. The van der Waals surface area contributed by atoms with Gasteiger partial charge in [0, 0.05) is 7.11 Å². The fourth-order valence-corrected chi connectivity index (χ4v) is 1.30. The van der Waals surface area contributed by atoms with Crippen LogP contribution in [0.4, 0.5) is 0 Å². The van der Waals surface area contributed by atoms with Crippen LogP contribution in [-0.2, 0) is 10.3 Å². The van der Waals surface area contributed by atoms with Crippen LogP contribution in [0.15, 0.2) is 24.3 Å². The molecule has 0 aliphatic heterocycles. The third-order valence-electron chi connectivity index (χ3n) is 2.44. The number of hydrogen-bond donors (Lipinski definition) is 1. The van der Waals surface area contributed by atoms with E-state index < -0.39 is 5.60 Å². The van der Waals surface area contributed by atoms with Crippen LogP contribution in [-0.4, -0.2) is 12.2 Å². The molecule has 0 aliphatic rings. The molecule has 1 aromatic rings. The smallest absolute Gasteiger partial charge is 0.0840 e. The molecule has 0 bridgehead atoms. The largest absolute Gasteiger partial charge is 0.386 e. The molecule has 2 heteroatoms. The van der Waals surface area contributed by atoms with Gasteiger partial charge in [-0.3, -0.25) is 0 Å². The van der Waals surface area contributed by atoms with Crippen LogP contribution in [0.1, 0.15) is 38.0 Å². The van der Waals surface area contributed by atoms with Gasteiger partial charge in [-0.2, -0.15) is 0 Å². The molecule has 0 fully saturated rings. The van der Waals surface area contributed by atoms with Crippen LogP contribution in [0.5, 0.6) is 0 Å². The van der Waals surface area contributed by atoms with Crippen LogP contribution in [0.2, 0.25) is 0 Å². The van der Waals surface area contributed by atoms with E-state index in [-0.39, 0.29) is 6.10 Å². The molecule has 0 radical (unpaired) electrons. The average Bonchev–Trinajstić information content (AvgIpc) is 2.15. The molecule has 2 nitrogen and oxygen atoms in total. The lowest BCUT2D eigenvalue weighted by Crippen LogP contribution is -2.15. The summed E-state index contributed by atoms with van der Waals surface area (Å²) in [7, 11) is 1.69. The molecule has 1 unspecified atom stereocenters. The summed E-state index contributed by atoms with van der Waals surface area (Å²) < 4.78 is 5.20. The van der Waals surface area contributed by atoms with Crippen molar-refractivity contribution in [3.8, 4) is 0 Å². The minimum Gasteiger partial charge on any atom is -0.386 e. The highest BCUT2D eigenvalue weighted by atomic mass is 16.5. The van der Waals surface area contributed by atoms with Gasteiger partial charge in [-0.15, -0.1) is 0 Å². The van der Waals surface area contributed by atoms with Crippen molar-refractivity contribution in [3.63, 3.8) is 0 Å². The van der Waals surface area contributed by atoms with Crippen molar-refractivity contribution in [3.05, 3.63) is 35.4 Å². The number of ether oxygens (including phenoxy) is 1. The third kappa shape index (κ3) is 2.56. The molecule has 0 aromatic heterocycles. The van der Waals surface area contributed by atoms with Crippen LogP contribution >= 0.6 is 0 Å². The first kappa shape index (κ1) is 11.2. The number of methoxy groups -OCH3 is 1. The Hall–Kier alpha value is -0.860. The predicted molar refractivity (Wildman–Crippen MR) is 57.1 cm³/mol. The van der Waals surface area contributed by atoms with Crippen LogP contribution in [0.3, 0.4) is 0 Å². The zero-order valence-corrected chi connectivity index (χ0v) is 9.24. The second kappa shape index (κ2) is 4.11. The lowest BCUT2D eigenvalue weighted by Gasteiger charge is -2.18. The van der Waals surface area contributed by atoms with E-state index in [9.17, 15) is 5.11 Å². The molecule has 0 saturated carbocycles. The van der Waals surface area contributed by atoms with Gasteiger partial charge in [-0.05, 0) is 31.9 Å². The summed E-state index contributed by atoms with van der Waals surface area (Å²) in [4.78, 5) is 0. The van der Waals surface area contributed by atoms with Gasteiger partial charge in [0.25, 0.3) is 0 Å². The maximum Gasteiger partial charge on any atom is 0.0840 e. The Morgan fingerprint density at radius 1 is 1.21 bits per heavy atom. The van der Waals surface area contributed by atoms with Gasteiger partial charge < -0.3 is 9.84 Å². The van der Waals surface area contributed by atoms with Gasteiger partial charge in [0.1, 0.15) is 0 Å². The Labute approximate surface area is 85.5 Å². The van der Waals surface area contributed by atoms with E-state index in [1.54, 1.807) is 21.0 Å². The molecular formula is C12H18O2. The molecule has 0 aliphatic carbocycles. The van der Waals surface area contributed by atoms with Crippen molar-refractivity contribution in [2.75, 3.05) is 7.11 Å². The quantitative estimate of drug-likeness (QED) is 0.801. The highest BCUT2D eigenvalue weighted by Crippen LogP contribution is 2.22. The van der Waals surface area contributed by atoms with E-state index in [0.29, 0.717) is 0 Å². The van der Waals surface area contributed by atoms with E-state index in [0.717, 1.165) is 11.1 Å². The van der Waals surface area contributed by atoms with E-state index >= 15 is 0 Å². The first-order valence-electron chi connectivity index (χ1n) is 4.80. The summed E-state index contributed by atoms with van der Waals surface area (Å²) in [5.41, 5.74) is 1.28. The molecule has 1 aromatic carbocycles. The Kier molecular flexibility index (Phi) is 3.29. The summed E-state index contributed by atoms with van der Waals surface area (Å²) >= 11 is 0. The SMILES string of the molecule is COC(C)c1ccc(C(C)(C)O)cc1. The van der Waals surface area contributed by atoms with Crippen molar-refractivity contribution in [1.29, 1.82) is 0 Å². The average molecular weight is 194 g/mol. The molecule has 0 amide bonds. The topological polar surface area (TPSA) is 29.5 Å². The maximum absolute atomic E-state index is 9.74. The van der Waals surface area contributed by atoms with Gasteiger partial charge in [-0.1, -0.05) is 24.3 Å². The molecule has 1 atom stereocenters. The highest BCUT2D eigenvalue weighted by Gasteiger charge is 2.15. The van der Waals surface area contributed by atoms with Crippen LogP contribution in [0, 0.1) is 0 Å². The fraction of sp³-hybridized carbons (Fsp3) is 0.500. The molecule has 0 heterocycles. The minimum absolute atomic E-state index is 0.103. The number of hydrogen-bond acceptors (Lipinski definition) is 2. The van der Waals surface area contributed by atoms with E-state index in [4.69, 9.17) is 4.74 Å². The lowest BCUT2D eigenvalue weighted by atomic mass is 9.96. The zero-order valence-electron chi connectivity index (χ0n) is 9.24. The number of benzene rings is 1. The molecule has 0 saturated heterocycles. The van der Waals surface area contributed by atoms with Crippen LogP contribution < -0.4 is 0 Å². The maximum atomic E-state index is 9.74. The zero-order chi connectivity index (χ0) is 10.8. The van der Waals surface area contributed by atoms with Gasteiger partial charge in [0.15, 0.2) is 0 Å². The highest BCUT2D eigenvalue weighted by molar-refractivity contribution is 5.27. The van der Waals surface area contributed by atoms with Crippen molar-refractivity contribution < 1.29 is 9.84 Å². The van der Waals surface area contributed by atoms with E-state index in [1.807, 2.05) is 31.2 Å². The van der Waals surface area contributed by atoms with Gasteiger partial charge >= 0.3 is 0 Å². The Morgan fingerprint density at radius 3 is 2.07 bits per heavy atom. The molecule has 78 valence electrons. The molecule has 1 rings (SSSR count). The molecule has 1 N–H and O–H groups in total. The fourth-order valence-electron chi connectivity index (χ4n) is 1.30. The summed E-state index contributed by atoms with van der Waals surface area (Å²) in [6.45, 7) is 5.56. The first-order valence-corrected chi connectivity index (χ1v) is 4.80. The van der Waals surface area contributed by atoms with Crippen molar-refractivity contribution in [2.45, 2.75) is 32.5 Å². The monoisotopic (exact) mass is 194 g/mol. The van der Waals surface area contributed by atoms with Crippen LogP contribution in [0.25, 0.3) is 0 Å². The molecule has 14 heavy (non-hydrogen) atoms. The molecular weight excluding hydrogens is 176 g/mol. The summed E-state index contributed by atoms with van der Waals surface area (Å²) in [5, 5.41) is 9.74. The van der Waals surface area contributed by atoms with E-state index in [2.05, 4.69) is 0 Å². The lowest BCUT2D eigenvalue weighted by molar-refractivity contribution is 0.0783. The summed E-state index contributed by atoms with van der Waals surface area (Å²) in [6.07, 6.45) is 0.103. The summed E-state index contributed by atoms with van der Waals surface area (Å²) in [6, 6.07) is 7.85. The van der Waals surface area contributed by atoms with Crippen molar-refractivity contribution in [2.24, 2.45) is 0 Å². The normalized spacial score (nSPS) is 14.1. The summed E-state index contributed by atoms with van der Waals surface area (Å²) in [5.74, 6) is 0. The Balaban J connectivity index is 2.89. The standard InChI is InChI=1S/C12H18O2/c1-9(14-4)10-5-7-11(8-6-10)12(2,3)13/h5-9,13H,1-4H3. The third-order valence-corrected chi connectivity index (χ3v) is 2.44. The number of rotatable bonds is 3. The number of aliphatic hydroxyl groups is 1. The Bertz CT molecular complexity index is 282. The first-order chi connectivity index (χ1) is 6.45. The Morgan fingerprint density at radius 2 is 1.71 bits per heavy atom.